The van der Waals surface area contributed by atoms with Crippen LogP contribution in [0.2, 0.25) is 0 Å². The first kappa shape index (κ1) is 10.8. The van der Waals surface area contributed by atoms with Gasteiger partial charge in [-0.05, 0) is 30.2 Å². The van der Waals surface area contributed by atoms with Crippen molar-refractivity contribution in [1.82, 2.24) is 4.98 Å². The molecule has 0 saturated carbocycles. The topological polar surface area (TPSA) is 38.9 Å². The van der Waals surface area contributed by atoms with Crippen molar-refractivity contribution in [3.05, 3.63) is 65.5 Å². The summed E-state index contributed by atoms with van der Waals surface area (Å²) < 4.78 is 0. The molecule has 2 heteroatoms. The third-order valence-electron chi connectivity index (χ3n) is 2.55. The molecule has 0 aliphatic carbocycles. The molecule has 0 unspecified atom stereocenters. The molecule has 0 aliphatic heterocycles. The molecule has 2 aromatic rings. The summed E-state index contributed by atoms with van der Waals surface area (Å²) in [6.07, 6.45) is 3.72. The van der Waals surface area contributed by atoms with Crippen LogP contribution in [0.1, 0.15) is 16.8 Å². The highest BCUT2D eigenvalue weighted by Gasteiger charge is 1.97. The second-order valence-electron chi connectivity index (χ2n) is 3.86. The lowest BCUT2D eigenvalue weighted by Crippen LogP contribution is -2.03. The second kappa shape index (κ2) is 5.42. The van der Waals surface area contributed by atoms with Gasteiger partial charge >= 0.3 is 0 Å². The summed E-state index contributed by atoms with van der Waals surface area (Å²) in [7, 11) is 0. The Kier molecular flexibility index (Phi) is 3.67. The van der Waals surface area contributed by atoms with E-state index in [0.717, 1.165) is 18.5 Å². The van der Waals surface area contributed by atoms with Crippen LogP contribution in [0.5, 0.6) is 0 Å². The summed E-state index contributed by atoms with van der Waals surface area (Å²) in [5.74, 6) is 0. The number of aromatic nitrogens is 1. The molecule has 0 bridgehead atoms. The molecule has 0 amide bonds. The van der Waals surface area contributed by atoms with Gasteiger partial charge in [0.15, 0.2) is 0 Å². The van der Waals surface area contributed by atoms with E-state index < -0.39 is 0 Å². The van der Waals surface area contributed by atoms with Crippen molar-refractivity contribution in [2.45, 2.75) is 12.8 Å². The Morgan fingerprint density at radius 3 is 2.38 bits per heavy atom. The van der Waals surface area contributed by atoms with E-state index in [0.29, 0.717) is 6.54 Å². The monoisotopic (exact) mass is 212 g/mol. The zero-order valence-electron chi connectivity index (χ0n) is 9.26. The van der Waals surface area contributed by atoms with Crippen molar-refractivity contribution in [2.24, 2.45) is 5.73 Å². The van der Waals surface area contributed by atoms with Crippen LogP contribution < -0.4 is 5.73 Å². The first-order valence-corrected chi connectivity index (χ1v) is 5.56. The largest absolute Gasteiger partial charge is 0.330 e. The third kappa shape index (κ3) is 2.91. The molecular formula is C14H16N2. The Hall–Kier alpha value is -1.67. The molecule has 0 atom stereocenters. The van der Waals surface area contributed by atoms with Gasteiger partial charge in [0.1, 0.15) is 0 Å². The molecule has 1 aromatic heterocycles. The predicted molar refractivity (Wildman–Crippen MR) is 66.2 cm³/mol. The van der Waals surface area contributed by atoms with Crippen molar-refractivity contribution in [3.63, 3.8) is 0 Å². The van der Waals surface area contributed by atoms with Crippen LogP contribution in [-0.2, 0) is 12.8 Å². The maximum Gasteiger partial charge on any atom is 0.0447 e. The van der Waals surface area contributed by atoms with Crippen LogP contribution in [0.15, 0.2) is 48.7 Å². The molecule has 16 heavy (non-hydrogen) atoms. The normalized spacial score (nSPS) is 10.3. The van der Waals surface area contributed by atoms with Crippen LogP contribution in [-0.4, -0.2) is 11.5 Å². The van der Waals surface area contributed by atoms with Crippen molar-refractivity contribution in [1.29, 1.82) is 0 Å². The van der Waals surface area contributed by atoms with E-state index >= 15 is 0 Å². The summed E-state index contributed by atoms with van der Waals surface area (Å²) in [6.45, 7) is 0.680. The summed E-state index contributed by atoms with van der Waals surface area (Å²) in [5.41, 5.74) is 9.10. The summed E-state index contributed by atoms with van der Waals surface area (Å²) in [6, 6.07) is 14.6. The molecule has 82 valence electrons. The standard InChI is InChI=1S/C14H16N2/c15-9-8-13-6-7-14(16-11-13)10-12-4-2-1-3-5-12/h1-7,11H,8-10,15H2. The fourth-order valence-electron chi connectivity index (χ4n) is 1.68. The molecule has 0 fully saturated rings. The van der Waals surface area contributed by atoms with Gasteiger partial charge in [0.05, 0.1) is 0 Å². The number of nitrogens with two attached hydrogens (primary N) is 1. The highest BCUT2D eigenvalue weighted by molar-refractivity contribution is 5.23. The minimum Gasteiger partial charge on any atom is -0.330 e. The number of hydrogen-bond acceptors (Lipinski definition) is 2. The van der Waals surface area contributed by atoms with E-state index in [-0.39, 0.29) is 0 Å². The predicted octanol–water partition coefficient (Wildman–Crippen LogP) is 2.17. The Labute approximate surface area is 96.1 Å². The molecule has 0 spiro atoms. The molecule has 2 rings (SSSR count). The van der Waals surface area contributed by atoms with Gasteiger partial charge in [-0.15, -0.1) is 0 Å². The number of pyridine rings is 1. The fourth-order valence-corrected chi connectivity index (χ4v) is 1.68. The number of nitrogens with zero attached hydrogens (tertiary/aromatic N) is 1. The highest BCUT2D eigenvalue weighted by Crippen LogP contribution is 2.07. The fraction of sp³-hybridized carbons (Fsp3) is 0.214. The van der Waals surface area contributed by atoms with E-state index in [4.69, 9.17) is 5.73 Å². The van der Waals surface area contributed by atoms with Crippen LogP contribution in [0.3, 0.4) is 0 Å². The van der Waals surface area contributed by atoms with E-state index in [1.807, 2.05) is 12.3 Å². The van der Waals surface area contributed by atoms with Crippen LogP contribution in [0.25, 0.3) is 0 Å². The van der Waals surface area contributed by atoms with Crippen molar-refractivity contribution in [2.75, 3.05) is 6.54 Å². The van der Waals surface area contributed by atoms with Gasteiger partial charge in [-0.1, -0.05) is 36.4 Å². The van der Waals surface area contributed by atoms with Gasteiger partial charge in [0, 0.05) is 18.3 Å². The minimum absolute atomic E-state index is 0.680. The molecule has 2 N–H and O–H groups in total. The lowest BCUT2D eigenvalue weighted by atomic mass is 10.1. The van der Waals surface area contributed by atoms with E-state index in [9.17, 15) is 0 Å². The lowest BCUT2D eigenvalue weighted by molar-refractivity contribution is 0.946. The smallest absolute Gasteiger partial charge is 0.0447 e. The van der Waals surface area contributed by atoms with Crippen molar-refractivity contribution < 1.29 is 0 Å². The maximum absolute atomic E-state index is 5.49. The zero-order chi connectivity index (χ0) is 11.2. The van der Waals surface area contributed by atoms with Gasteiger partial charge < -0.3 is 5.73 Å². The summed E-state index contributed by atoms with van der Waals surface area (Å²) in [4.78, 5) is 4.44. The summed E-state index contributed by atoms with van der Waals surface area (Å²) in [5, 5.41) is 0. The number of rotatable bonds is 4. The average Bonchev–Trinajstić information content (AvgIpc) is 2.33. The number of benzene rings is 1. The summed E-state index contributed by atoms with van der Waals surface area (Å²) >= 11 is 0. The van der Waals surface area contributed by atoms with E-state index in [2.05, 4.69) is 41.4 Å². The van der Waals surface area contributed by atoms with Crippen molar-refractivity contribution >= 4 is 0 Å². The van der Waals surface area contributed by atoms with Crippen molar-refractivity contribution in [3.8, 4) is 0 Å². The van der Waals surface area contributed by atoms with E-state index in [1.165, 1.54) is 11.1 Å². The van der Waals surface area contributed by atoms with Gasteiger partial charge in [0.25, 0.3) is 0 Å². The van der Waals surface area contributed by atoms with Gasteiger partial charge in [-0.3, -0.25) is 4.98 Å². The molecule has 1 aromatic carbocycles. The minimum atomic E-state index is 0.680. The Morgan fingerprint density at radius 1 is 0.938 bits per heavy atom. The van der Waals surface area contributed by atoms with Gasteiger partial charge in [-0.25, -0.2) is 0 Å². The van der Waals surface area contributed by atoms with Crippen LogP contribution in [0.4, 0.5) is 0 Å². The molecular weight excluding hydrogens is 196 g/mol. The van der Waals surface area contributed by atoms with Gasteiger partial charge in [-0.2, -0.15) is 0 Å². The molecule has 0 saturated heterocycles. The molecule has 2 nitrogen and oxygen atoms in total. The molecule has 0 radical (unpaired) electrons. The first-order valence-electron chi connectivity index (χ1n) is 5.56. The zero-order valence-corrected chi connectivity index (χ0v) is 9.26. The average molecular weight is 212 g/mol. The lowest BCUT2D eigenvalue weighted by Gasteiger charge is -2.02. The highest BCUT2D eigenvalue weighted by atomic mass is 14.7. The Bertz CT molecular complexity index is 420. The molecule has 1 heterocycles. The second-order valence-corrected chi connectivity index (χ2v) is 3.86. The number of hydrogen-bond donors (Lipinski definition) is 1. The molecule has 0 aliphatic rings. The Morgan fingerprint density at radius 2 is 1.75 bits per heavy atom. The SMILES string of the molecule is NCCc1ccc(Cc2ccccc2)nc1. The van der Waals surface area contributed by atoms with Gasteiger partial charge in [0.2, 0.25) is 0 Å². The van der Waals surface area contributed by atoms with Crippen LogP contribution in [0, 0.1) is 0 Å². The van der Waals surface area contributed by atoms with Crippen LogP contribution >= 0.6 is 0 Å². The quantitative estimate of drug-likeness (QED) is 0.843. The van der Waals surface area contributed by atoms with E-state index in [1.54, 1.807) is 0 Å². The third-order valence-corrected chi connectivity index (χ3v) is 2.55. The maximum atomic E-state index is 5.49. The Balaban J connectivity index is 2.05. The first-order chi connectivity index (χ1) is 7.88.